The number of methoxy groups -OCH3 is 2. The minimum Gasteiger partial charge on any atom is -0.465 e. The Kier molecular flexibility index (Phi) is 6.89. The molecule has 1 N–H and O–H groups in total. The fourth-order valence-corrected chi connectivity index (χ4v) is 4.39. The molecule has 3 rings (SSSR count). The van der Waals surface area contributed by atoms with E-state index < -0.39 is 0 Å². The van der Waals surface area contributed by atoms with Gasteiger partial charge in [0, 0.05) is 43.0 Å². The highest BCUT2D eigenvalue weighted by atomic mass is 79.9. The summed E-state index contributed by atoms with van der Waals surface area (Å²) in [6.45, 7) is 1.54. The smallest absolute Gasteiger partial charge is 0.341 e. The molecule has 26 heavy (non-hydrogen) atoms. The van der Waals surface area contributed by atoms with Gasteiger partial charge < -0.3 is 19.7 Å². The molecule has 6 nitrogen and oxygen atoms in total. The molecule has 1 aromatic heterocycles. The fourth-order valence-electron chi connectivity index (χ4n) is 4.05. The van der Waals surface area contributed by atoms with Crippen LogP contribution in [0.25, 0.3) is 0 Å². The molecule has 1 aromatic rings. The average Bonchev–Trinajstić information content (AvgIpc) is 2.68. The molecular formula is C19H28BrN3O3. The number of carbonyl (C=O) groups is 1. The number of nitrogens with zero attached hydrogens (tertiary/aromatic N) is 2. The minimum atomic E-state index is -0.370. The molecule has 0 aromatic carbocycles. The summed E-state index contributed by atoms with van der Waals surface area (Å²) >= 11 is 3.38. The molecule has 7 heteroatoms. The maximum absolute atomic E-state index is 12.2. The highest BCUT2D eigenvalue weighted by Crippen LogP contribution is 2.27. The Hall–Kier alpha value is -1.18. The largest absolute Gasteiger partial charge is 0.465 e. The number of aromatic nitrogens is 1. The Bertz CT molecular complexity index is 622. The normalized spacial score (nSPS) is 24.5. The molecule has 1 saturated heterocycles. The number of halogens is 1. The number of esters is 1. The number of rotatable bonds is 5. The second-order valence-corrected chi connectivity index (χ2v) is 8.05. The zero-order chi connectivity index (χ0) is 18.5. The van der Waals surface area contributed by atoms with Crippen LogP contribution in [0, 0.1) is 0 Å². The zero-order valence-electron chi connectivity index (χ0n) is 15.5. The molecule has 0 unspecified atom stereocenters. The van der Waals surface area contributed by atoms with Gasteiger partial charge >= 0.3 is 5.97 Å². The molecule has 0 amide bonds. The highest BCUT2D eigenvalue weighted by Gasteiger charge is 2.33. The molecule has 1 aliphatic carbocycles. The topological polar surface area (TPSA) is 63.7 Å². The number of anilines is 1. The third-order valence-electron chi connectivity index (χ3n) is 5.45. The predicted molar refractivity (Wildman–Crippen MR) is 105 cm³/mol. The van der Waals surface area contributed by atoms with E-state index in [0.717, 1.165) is 17.4 Å². The number of carbonyl (C=O) groups excluding carboxylic acids is 1. The first-order chi connectivity index (χ1) is 12.6. The maximum Gasteiger partial charge on any atom is 0.341 e. The van der Waals surface area contributed by atoms with Crippen molar-refractivity contribution < 1.29 is 14.3 Å². The van der Waals surface area contributed by atoms with Crippen LogP contribution in [0.4, 0.5) is 5.82 Å². The lowest BCUT2D eigenvalue weighted by molar-refractivity contribution is 0.0527. The Morgan fingerprint density at radius 2 is 2.04 bits per heavy atom. The Morgan fingerprint density at radius 3 is 2.73 bits per heavy atom. The Labute approximate surface area is 163 Å². The van der Waals surface area contributed by atoms with Gasteiger partial charge in [0.25, 0.3) is 0 Å². The first-order valence-electron chi connectivity index (χ1n) is 9.40. The summed E-state index contributed by atoms with van der Waals surface area (Å²) in [6, 6.07) is 2.72. The van der Waals surface area contributed by atoms with Crippen LogP contribution in [-0.4, -0.2) is 56.5 Å². The van der Waals surface area contributed by atoms with E-state index >= 15 is 0 Å². The van der Waals surface area contributed by atoms with Crippen molar-refractivity contribution in [2.45, 2.75) is 56.7 Å². The second kappa shape index (κ2) is 9.15. The summed E-state index contributed by atoms with van der Waals surface area (Å²) in [5, 5.41) is 3.82. The van der Waals surface area contributed by atoms with Crippen LogP contribution in [0.5, 0.6) is 0 Å². The van der Waals surface area contributed by atoms with E-state index in [0.29, 0.717) is 30.0 Å². The number of pyridine rings is 1. The standard InChI is InChI=1S/C19H28BrN3O3/c1-25-17-12-23(9-8-16(17)22-14-6-4-3-5-7-14)18-15(19(24)26-2)10-13(20)11-21-18/h10-11,14,16-17,22H,3-9,12H2,1-2H3/t16-,17-/m0/s1. The maximum atomic E-state index is 12.2. The Balaban J connectivity index is 1.71. The van der Waals surface area contributed by atoms with Gasteiger partial charge in [-0.3, -0.25) is 0 Å². The summed E-state index contributed by atoms with van der Waals surface area (Å²) in [6.07, 6.45) is 9.27. The predicted octanol–water partition coefficient (Wildman–Crippen LogP) is 3.15. The van der Waals surface area contributed by atoms with E-state index in [9.17, 15) is 4.79 Å². The van der Waals surface area contributed by atoms with E-state index in [4.69, 9.17) is 9.47 Å². The third kappa shape index (κ3) is 4.56. The molecule has 2 atom stereocenters. The Morgan fingerprint density at radius 1 is 1.27 bits per heavy atom. The van der Waals surface area contributed by atoms with Gasteiger partial charge in [0.15, 0.2) is 0 Å². The van der Waals surface area contributed by atoms with Crippen LogP contribution >= 0.6 is 15.9 Å². The lowest BCUT2D eigenvalue weighted by Crippen LogP contribution is -2.56. The lowest BCUT2D eigenvalue weighted by atomic mass is 9.92. The number of ether oxygens (including phenoxy) is 2. The van der Waals surface area contributed by atoms with E-state index in [-0.39, 0.29) is 12.1 Å². The van der Waals surface area contributed by atoms with Crippen LogP contribution in [-0.2, 0) is 9.47 Å². The van der Waals surface area contributed by atoms with Crippen molar-refractivity contribution in [3.05, 3.63) is 22.3 Å². The van der Waals surface area contributed by atoms with Crippen LogP contribution in [0.1, 0.15) is 48.9 Å². The average molecular weight is 426 g/mol. The third-order valence-corrected chi connectivity index (χ3v) is 5.89. The molecule has 2 heterocycles. The van der Waals surface area contributed by atoms with Gasteiger partial charge in [-0.05, 0) is 41.3 Å². The van der Waals surface area contributed by atoms with Crippen molar-refractivity contribution in [1.29, 1.82) is 0 Å². The summed E-state index contributed by atoms with van der Waals surface area (Å²) in [5.41, 5.74) is 0.482. The van der Waals surface area contributed by atoms with Gasteiger partial charge in [0.05, 0.1) is 13.2 Å². The first-order valence-corrected chi connectivity index (χ1v) is 10.2. The van der Waals surface area contributed by atoms with Crippen molar-refractivity contribution in [1.82, 2.24) is 10.3 Å². The summed E-state index contributed by atoms with van der Waals surface area (Å²) in [7, 11) is 3.16. The van der Waals surface area contributed by atoms with Crippen molar-refractivity contribution in [3.63, 3.8) is 0 Å². The molecule has 0 bridgehead atoms. The lowest BCUT2D eigenvalue weighted by Gasteiger charge is -2.41. The highest BCUT2D eigenvalue weighted by molar-refractivity contribution is 9.10. The monoisotopic (exact) mass is 425 g/mol. The van der Waals surface area contributed by atoms with Gasteiger partial charge in [0.2, 0.25) is 0 Å². The van der Waals surface area contributed by atoms with Gasteiger partial charge in [-0.1, -0.05) is 19.3 Å². The van der Waals surface area contributed by atoms with Gasteiger partial charge in [-0.15, -0.1) is 0 Å². The van der Waals surface area contributed by atoms with Gasteiger partial charge in [0.1, 0.15) is 11.4 Å². The van der Waals surface area contributed by atoms with Crippen molar-refractivity contribution in [2.24, 2.45) is 0 Å². The quantitative estimate of drug-likeness (QED) is 0.730. The van der Waals surface area contributed by atoms with Crippen molar-refractivity contribution >= 4 is 27.7 Å². The molecule has 2 fully saturated rings. The summed E-state index contributed by atoms with van der Waals surface area (Å²) in [5.74, 6) is 0.295. The number of nitrogens with one attached hydrogen (secondary N) is 1. The van der Waals surface area contributed by atoms with Crippen LogP contribution in [0.15, 0.2) is 16.7 Å². The van der Waals surface area contributed by atoms with Crippen LogP contribution in [0.3, 0.4) is 0 Å². The molecule has 1 aliphatic heterocycles. The number of hydrogen-bond donors (Lipinski definition) is 1. The molecule has 0 spiro atoms. The zero-order valence-corrected chi connectivity index (χ0v) is 17.1. The molecule has 1 saturated carbocycles. The van der Waals surface area contributed by atoms with E-state index in [2.05, 4.69) is 31.1 Å². The van der Waals surface area contributed by atoms with Crippen LogP contribution in [0.2, 0.25) is 0 Å². The van der Waals surface area contributed by atoms with E-state index in [1.165, 1.54) is 39.2 Å². The first kappa shape index (κ1) is 19.6. The number of hydrogen-bond acceptors (Lipinski definition) is 6. The molecule has 144 valence electrons. The van der Waals surface area contributed by atoms with Gasteiger partial charge in [-0.2, -0.15) is 0 Å². The van der Waals surface area contributed by atoms with Crippen molar-refractivity contribution in [2.75, 3.05) is 32.2 Å². The second-order valence-electron chi connectivity index (χ2n) is 7.13. The summed E-state index contributed by atoms with van der Waals surface area (Å²) < 4.78 is 11.5. The molecule has 2 aliphatic rings. The minimum absolute atomic E-state index is 0.0709. The fraction of sp³-hybridized carbons (Fsp3) is 0.684. The SMILES string of the molecule is COC(=O)c1cc(Br)cnc1N1CC[C@H](NC2CCCCC2)[C@@H](OC)C1. The van der Waals surface area contributed by atoms with E-state index in [1.807, 2.05) is 0 Å². The molecule has 0 radical (unpaired) electrons. The van der Waals surface area contributed by atoms with E-state index in [1.54, 1.807) is 19.4 Å². The summed E-state index contributed by atoms with van der Waals surface area (Å²) in [4.78, 5) is 18.8. The number of piperidine rings is 1. The molecular weight excluding hydrogens is 398 g/mol. The van der Waals surface area contributed by atoms with Crippen molar-refractivity contribution in [3.8, 4) is 0 Å². The van der Waals surface area contributed by atoms with Gasteiger partial charge in [-0.25, -0.2) is 9.78 Å². The van der Waals surface area contributed by atoms with Crippen LogP contribution < -0.4 is 10.2 Å².